The number of sulfonamides is 1. The molecule has 0 radical (unpaired) electrons. The fourth-order valence-electron chi connectivity index (χ4n) is 3.04. The van der Waals surface area contributed by atoms with Crippen LogP contribution in [0.2, 0.25) is 0 Å². The van der Waals surface area contributed by atoms with Gasteiger partial charge in [0.1, 0.15) is 11.4 Å². The summed E-state index contributed by atoms with van der Waals surface area (Å²) in [5.74, 6) is 0.320. The molecule has 3 aromatic rings. The van der Waals surface area contributed by atoms with Crippen molar-refractivity contribution in [2.45, 2.75) is 37.3 Å². The molecule has 2 heterocycles. The van der Waals surface area contributed by atoms with Crippen LogP contribution in [-0.2, 0) is 10.0 Å². The predicted molar refractivity (Wildman–Crippen MR) is 114 cm³/mol. The molecule has 1 aliphatic rings. The van der Waals surface area contributed by atoms with E-state index in [1.54, 1.807) is 31.3 Å². The summed E-state index contributed by atoms with van der Waals surface area (Å²) in [6.45, 7) is 1.75. The predicted octanol–water partition coefficient (Wildman–Crippen LogP) is 4.69. The summed E-state index contributed by atoms with van der Waals surface area (Å²) >= 11 is 1.39. The summed E-state index contributed by atoms with van der Waals surface area (Å²) < 4.78 is 47.9. The lowest BCUT2D eigenvalue weighted by Gasteiger charge is -2.10. The Labute approximate surface area is 178 Å². The van der Waals surface area contributed by atoms with Crippen molar-refractivity contribution in [1.82, 2.24) is 15.0 Å². The average Bonchev–Trinajstić information content (AvgIpc) is 3.48. The minimum absolute atomic E-state index is 0.0872. The number of hydrogen-bond donors (Lipinski definition) is 1. The van der Waals surface area contributed by atoms with Crippen LogP contribution in [0.5, 0.6) is 0 Å². The van der Waals surface area contributed by atoms with Crippen LogP contribution in [0.1, 0.15) is 38.0 Å². The molecule has 10 heteroatoms. The molecule has 0 atom stereocenters. The lowest BCUT2D eigenvalue weighted by atomic mass is 10.1. The number of benzene rings is 1. The Morgan fingerprint density at radius 2 is 2.07 bits per heavy atom. The largest absolute Gasteiger partial charge is 0.438 e. The Bertz CT molecular complexity index is 1180. The van der Waals surface area contributed by atoms with Crippen LogP contribution in [-0.4, -0.2) is 35.4 Å². The summed E-state index contributed by atoms with van der Waals surface area (Å²) in [5.41, 5.74) is 0.842. The van der Waals surface area contributed by atoms with Gasteiger partial charge in [0.15, 0.2) is 22.6 Å². The van der Waals surface area contributed by atoms with Crippen LogP contribution in [0.3, 0.4) is 0 Å². The van der Waals surface area contributed by atoms with E-state index in [2.05, 4.69) is 19.7 Å². The number of halogens is 1. The Morgan fingerprint density at radius 1 is 1.27 bits per heavy atom. The minimum Gasteiger partial charge on any atom is -0.438 e. The number of nitrogens with one attached hydrogen (secondary N) is 1. The highest BCUT2D eigenvalue weighted by atomic mass is 32.2. The summed E-state index contributed by atoms with van der Waals surface area (Å²) in [7, 11) is -3.63. The zero-order chi connectivity index (χ0) is 21.3. The van der Waals surface area contributed by atoms with Crippen LogP contribution in [0, 0.1) is 5.82 Å². The number of anilines is 1. The van der Waals surface area contributed by atoms with Crippen molar-refractivity contribution in [1.29, 1.82) is 0 Å². The summed E-state index contributed by atoms with van der Waals surface area (Å²) in [6.07, 6.45) is 5.85. The Balaban J connectivity index is 1.81. The van der Waals surface area contributed by atoms with Crippen LogP contribution >= 0.6 is 11.8 Å². The lowest BCUT2D eigenvalue weighted by molar-refractivity contribution is 0.507. The summed E-state index contributed by atoms with van der Waals surface area (Å²) in [6, 6.07) is 6.22. The molecule has 1 aromatic carbocycles. The zero-order valence-electron chi connectivity index (χ0n) is 16.6. The zero-order valence-corrected chi connectivity index (χ0v) is 18.2. The number of nitrogens with zero attached hydrogens (tertiary/aromatic N) is 3. The fraction of sp³-hybridized carbons (Fsp3) is 0.350. The van der Waals surface area contributed by atoms with Crippen molar-refractivity contribution in [2.75, 3.05) is 16.7 Å². The van der Waals surface area contributed by atoms with Crippen molar-refractivity contribution < 1.29 is 17.2 Å². The highest BCUT2D eigenvalue weighted by Crippen LogP contribution is 2.44. The Hall–Kier alpha value is -2.46. The van der Waals surface area contributed by atoms with Crippen molar-refractivity contribution in [2.24, 2.45) is 0 Å². The highest BCUT2D eigenvalue weighted by molar-refractivity contribution is 7.98. The third-order valence-electron chi connectivity index (χ3n) is 4.61. The van der Waals surface area contributed by atoms with Gasteiger partial charge in [0.25, 0.3) is 0 Å². The molecule has 0 aliphatic heterocycles. The van der Waals surface area contributed by atoms with Crippen LogP contribution in [0.15, 0.2) is 40.0 Å². The van der Waals surface area contributed by atoms with E-state index >= 15 is 4.39 Å². The Kier molecular flexibility index (Phi) is 5.79. The SMILES string of the molecule is CCCS(=O)(=O)Nc1cccc(-c2nc(C3CC3)oc2-c2ccnc(SC)n2)c1F. The maximum atomic E-state index is 15.4. The lowest BCUT2D eigenvalue weighted by Crippen LogP contribution is -2.17. The molecule has 2 aromatic heterocycles. The molecule has 1 saturated carbocycles. The van der Waals surface area contributed by atoms with Gasteiger partial charge in [0.05, 0.1) is 11.4 Å². The summed E-state index contributed by atoms with van der Waals surface area (Å²) in [4.78, 5) is 13.2. The molecule has 1 aliphatic carbocycles. The number of rotatable bonds is 8. The quantitative estimate of drug-likeness (QED) is 0.394. The molecule has 0 spiro atoms. The number of thioether (sulfide) groups is 1. The van der Waals surface area contributed by atoms with Crippen molar-refractivity contribution >= 4 is 27.5 Å². The molecule has 30 heavy (non-hydrogen) atoms. The molecule has 7 nitrogen and oxygen atoms in total. The van der Waals surface area contributed by atoms with Gasteiger partial charge in [-0.05, 0) is 43.7 Å². The van der Waals surface area contributed by atoms with Crippen LogP contribution in [0.4, 0.5) is 10.1 Å². The summed E-state index contributed by atoms with van der Waals surface area (Å²) in [5, 5.41) is 0.560. The van der Waals surface area contributed by atoms with Gasteiger partial charge in [-0.2, -0.15) is 0 Å². The first kappa shape index (κ1) is 20.8. The highest BCUT2D eigenvalue weighted by Gasteiger charge is 2.32. The van der Waals surface area contributed by atoms with Gasteiger partial charge >= 0.3 is 0 Å². The molecule has 1 N–H and O–H groups in total. The number of oxazole rings is 1. The standard InChI is InChI=1S/C20H21FN4O3S2/c1-3-11-30(26,27)25-14-6-4-5-13(16(14)21)17-18(28-19(24-17)12-7-8-12)15-9-10-22-20(23-15)29-2/h4-6,9-10,12,25H,3,7-8,11H2,1-2H3. The van der Waals surface area contributed by atoms with Crippen LogP contribution in [0.25, 0.3) is 22.7 Å². The molecule has 0 bridgehead atoms. The van der Waals surface area contributed by atoms with Gasteiger partial charge in [-0.1, -0.05) is 24.8 Å². The van der Waals surface area contributed by atoms with E-state index in [1.165, 1.54) is 17.8 Å². The van der Waals surface area contributed by atoms with Crippen molar-refractivity contribution in [3.63, 3.8) is 0 Å². The van der Waals surface area contributed by atoms with E-state index in [-0.39, 0.29) is 22.9 Å². The topological polar surface area (TPSA) is 98.0 Å². The second-order valence-electron chi connectivity index (χ2n) is 7.02. The normalized spacial score (nSPS) is 14.1. The first-order chi connectivity index (χ1) is 14.4. The van der Waals surface area contributed by atoms with Gasteiger partial charge < -0.3 is 4.42 Å². The van der Waals surface area contributed by atoms with Gasteiger partial charge in [-0.25, -0.2) is 27.8 Å². The van der Waals surface area contributed by atoms with E-state index in [1.807, 2.05) is 6.26 Å². The molecular formula is C20H21FN4O3S2. The van der Waals surface area contributed by atoms with Gasteiger partial charge in [0.2, 0.25) is 10.0 Å². The first-order valence-electron chi connectivity index (χ1n) is 9.59. The molecule has 0 saturated heterocycles. The average molecular weight is 449 g/mol. The number of hydrogen-bond acceptors (Lipinski definition) is 7. The maximum Gasteiger partial charge on any atom is 0.232 e. The van der Waals surface area contributed by atoms with E-state index in [4.69, 9.17) is 4.42 Å². The molecule has 158 valence electrons. The molecular weight excluding hydrogens is 427 g/mol. The molecule has 0 amide bonds. The van der Waals surface area contributed by atoms with Crippen LogP contribution < -0.4 is 4.72 Å². The fourth-order valence-corrected chi connectivity index (χ4v) is 4.53. The van der Waals surface area contributed by atoms with Gasteiger partial charge in [0, 0.05) is 17.7 Å². The second-order valence-corrected chi connectivity index (χ2v) is 9.64. The number of aromatic nitrogens is 3. The minimum atomic E-state index is -3.63. The molecule has 4 rings (SSSR count). The van der Waals surface area contributed by atoms with Gasteiger partial charge in [-0.3, -0.25) is 4.72 Å². The second kappa shape index (κ2) is 8.35. The van der Waals surface area contributed by atoms with E-state index < -0.39 is 15.8 Å². The van der Waals surface area contributed by atoms with E-state index in [0.29, 0.717) is 34.6 Å². The smallest absolute Gasteiger partial charge is 0.232 e. The van der Waals surface area contributed by atoms with Crippen molar-refractivity contribution in [3.05, 3.63) is 42.2 Å². The molecule has 0 unspecified atom stereocenters. The van der Waals surface area contributed by atoms with Gasteiger partial charge in [-0.15, -0.1) is 0 Å². The molecule has 1 fully saturated rings. The van der Waals surface area contributed by atoms with Crippen molar-refractivity contribution in [3.8, 4) is 22.7 Å². The van der Waals surface area contributed by atoms with E-state index in [9.17, 15) is 8.42 Å². The monoisotopic (exact) mass is 448 g/mol. The third kappa shape index (κ3) is 4.34. The maximum absolute atomic E-state index is 15.4. The van der Waals surface area contributed by atoms with E-state index in [0.717, 1.165) is 12.8 Å². The Morgan fingerprint density at radius 3 is 2.77 bits per heavy atom. The third-order valence-corrected chi connectivity index (χ3v) is 6.65. The first-order valence-corrected chi connectivity index (χ1v) is 12.5.